The smallest absolute Gasteiger partial charge is 0.311 e. The van der Waals surface area contributed by atoms with Crippen LogP contribution in [0.25, 0.3) is 0 Å². The normalized spacial score (nSPS) is 10.5. The lowest BCUT2D eigenvalue weighted by atomic mass is 10.2. The second-order valence-corrected chi connectivity index (χ2v) is 4.28. The van der Waals surface area contributed by atoms with E-state index >= 15 is 0 Å². The summed E-state index contributed by atoms with van der Waals surface area (Å²) in [5.74, 6) is 0.235. The number of rotatable bonds is 4. The van der Waals surface area contributed by atoms with Crippen molar-refractivity contribution >= 4 is 17.2 Å². The molecule has 0 aromatic carbocycles. The lowest BCUT2D eigenvalue weighted by molar-refractivity contribution is -0.384. The molecule has 2 rings (SSSR count). The van der Waals surface area contributed by atoms with Gasteiger partial charge in [-0.05, 0) is 18.9 Å². The molecular weight excluding hydrogens is 246 g/mol. The van der Waals surface area contributed by atoms with Gasteiger partial charge < -0.3 is 5.32 Å². The quantitative estimate of drug-likeness (QED) is 0.674. The number of nitrogens with zero attached hydrogens (tertiary/aromatic N) is 4. The Kier molecular flexibility index (Phi) is 3.46. The SMILES string of the molecule is CCc1nn(C)cc1Nc1ncc(C)cc1[N+](=O)[O-]. The largest absolute Gasteiger partial charge is 0.332 e. The van der Waals surface area contributed by atoms with Crippen LogP contribution < -0.4 is 5.32 Å². The van der Waals surface area contributed by atoms with E-state index in [1.807, 2.05) is 6.92 Å². The summed E-state index contributed by atoms with van der Waals surface area (Å²) in [5.41, 5.74) is 2.30. The summed E-state index contributed by atoms with van der Waals surface area (Å²) in [4.78, 5) is 14.7. The van der Waals surface area contributed by atoms with Crippen molar-refractivity contribution in [3.05, 3.63) is 39.8 Å². The molecule has 0 atom stereocenters. The highest BCUT2D eigenvalue weighted by molar-refractivity contribution is 5.66. The summed E-state index contributed by atoms with van der Waals surface area (Å²) < 4.78 is 1.67. The van der Waals surface area contributed by atoms with Crippen LogP contribution in [0.5, 0.6) is 0 Å². The summed E-state index contributed by atoms with van der Waals surface area (Å²) >= 11 is 0. The number of hydrogen-bond acceptors (Lipinski definition) is 5. The highest BCUT2D eigenvalue weighted by atomic mass is 16.6. The molecule has 1 N–H and O–H groups in total. The van der Waals surface area contributed by atoms with Crippen molar-refractivity contribution < 1.29 is 4.92 Å². The minimum absolute atomic E-state index is 0.0362. The number of pyridine rings is 1. The van der Waals surface area contributed by atoms with E-state index in [9.17, 15) is 10.1 Å². The minimum atomic E-state index is -0.440. The maximum Gasteiger partial charge on any atom is 0.311 e. The van der Waals surface area contributed by atoms with Crippen LogP contribution in [0.2, 0.25) is 0 Å². The highest BCUT2D eigenvalue weighted by Crippen LogP contribution is 2.27. The van der Waals surface area contributed by atoms with E-state index < -0.39 is 4.92 Å². The Morgan fingerprint density at radius 3 is 2.89 bits per heavy atom. The van der Waals surface area contributed by atoms with Crippen molar-refractivity contribution in [1.82, 2.24) is 14.8 Å². The molecule has 2 aromatic heterocycles. The van der Waals surface area contributed by atoms with Crippen LogP contribution in [-0.2, 0) is 13.5 Å². The zero-order valence-electron chi connectivity index (χ0n) is 11.0. The predicted octanol–water partition coefficient (Wildman–Crippen LogP) is 2.34. The molecule has 2 heterocycles. The van der Waals surface area contributed by atoms with Gasteiger partial charge in [0.2, 0.25) is 5.82 Å². The lowest BCUT2D eigenvalue weighted by Gasteiger charge is -2.05. The molecule has 0 amide bonds. The number of aryl methyl sites for hydroxylation is 3. The van der Waals surface area contributed by atoms with Crippen LogP contribution in [0.1, 0.15) is 18.2 Å². The van der Waals surface area contributed by atoms with Crippen LogP contribution in [0, 0.1) is 17.0 Å². The van der Waals surface area contributed by atoms with Gasteiger partial charge in [-0.1, -0.05) is 6.92 Å². The van der Waals surface area contributed by atoms with Crippen molar-refractivity contribution in [3.63, 3.8) is 0 Å². The molecule has 0 unspecified atom stereocenters. The van der Waals surface area contributed by atoms with Crippen LogP contribution in [0.3, 0.4) is 0 Å². The molecular formula is C12H15N5O2. The third-order valence-corrected chi connectivity index (χ3v) is 2.69. The molecule has 0 fully saturated rings. The number of nitrogens with one attached hydrogen (secondary N) is 1. The van der Waals surface area contributed by atoms with Gasteiger partial charge in [0.25, 0.3) is 0 Å². The zero-order valence-corrected chi connectivity index (χ0v) is 11.0. The van der Waals surface area contributed by atoms with Crippen LogP contribution in [0.4, 0.5) is 17.2 Å². The van der Waals surface area contributed by atoms with E-state index in [0.717, 1.165) is 23.4 Å². The fourth-order valence-corrected chi connectivity index (χ4v) is 1.82. The Morgan fingerprint density at radius 1 is 1.53 bits per heavy atom. The maximum absolute atomic E-state index is 11.0. The molecule has 0 radical (unpaired) electrons. The minimum Gasteiger partial charge on any atom is -0.332 e. The second-order valence-electron chi connectivity index (χ2n) is 4.28. The Labute approximate surface area is 110 Å². The molecule has 0 aliphatic heterocycles. The summed E-state index contributed by atoms with van der Waals surface area (Å²) in [6, 6.07) is 1.50. The number of nitro groups is 1. The first-order valence-electron chi connectivity index (χ1n) is 5.91. The Balaban J connectivity index is 2.40. The average molecular weight is 261 g/mol. The van der Waals surface area contributed by atoms with Gasteiger partial charge in [0.1, 0.15) is 0 Å². The van der Waals surface area contributed by atoms with Gasteiger partial charge in [-0.2, -0.15) is 5.10 Å². The average Bonchev–Trinajstić information content (AvgIpc) is 2.71. The molecule has 0 saturated carbocycles. The van der Waals surface area contributed by atoms with Gasteiger partial charge in [-0.25, -0.2) is 4.98 Å². The summed E-state index contributed by atoms with van der Waals surface area (Å²) in [6.07, 6.45) is 4.12. The standard InChI is InChI=1S/C12H15N5O2/c1-4-9-10(7-16(3)15-9)14-12-11(17(18)19)5-8(2)6-13-12/h5-7H,4H2,1-3H3,(H,13,14). The third-order valence-electron chi connectivity index (χ3n) is 2.69. The molecule has 0 spiro atoms. The first-order chi connectivity index (χ1) is 9.01. The first kappa shape index (κ1) is 13.0. The molecule has 7 nitrogen and oxygen atoms in total. The fourth-order valence-electron chi connectivity index (χ4n) is 1.82. The molecule has 0 aliphatic rings. The van der Waals surface area contributed by atoms with E-state index in [2.05, 4.69) is 15.4 Å². The Hall–Kier alpha value is -2.44. The Morgan fingerprint density at radius 2 is 2.26 bits per heavy atom. The van der Waals surface area contributed by atoms with Crippen LogP contribution in [-0.4, -0.2) is 19.7 Å². The van der Waals surface area contributed by atoms with E-state index in [1.54, 1.807) is 31.0 Å². The van der Waals surface area contributed by atoms with Gasteiger partial charge in [0, 0.05) is 25.5 Å². The monoisotopic (exact) mass is 261 g/mol. The molecule has 2 aromatic rings. The van der Waals surface area contributed by atoms with E-state index in [1.165, 1.54) is 6.07 Å². The van der Waals surface area contributed by atoms with Crippen molar-refractivity contribution in [3.8, 4) is 0 Å². The first-order valence-corrected chi connectivity index (χ1v) is 5.91. The van der Waals surface area contributed by atoms with E-state index in [0.29, 0.717) is 0 Å². The van der Waals surface area contributed by atoms with E-state index in [-0.39, 0.29) is 11.5 Å². The summed E-state index contributed by atoms with van der Waals surface area (Å²) in [6.45, 7) is 3.75. The van der Waals surface area contributed by atoms with E-state index in [4.69, 9.17) is 0 Å². The van der Waals surface area contributed by atoms with Gasteiger partial charge in [0.15, 0.2) is 0 Å². The number of anilines is 2. The Bertz CT molecular complexity index is 621. The van der Waals surface area contributed by atoms with Crippen LogP contribution >= 0.6 is 0 Å². The second kappa shape index (κ2) is 5.05. The summed E-state index contributed by atoms with van der Waals surface area (Å²) in [7, 11) is 1.81. The van der Waals surface area contributed by atoms with Gasteiger partial charge in [-0.3, -0.25) is 14.8 Å². The maximum atomic E-state index is 11.0. The third kappa shape index (κ3) is 2.70. The van der Waals surface area contributed by atoms with Crippen molar-refractivity contribution in [2.45, 2.75) is 20.3 Å². The number of hydrogen-bond donors (Lipinski definition) is 1. The van der Waals surface area contributed by atoms with Crippen molar-refractivity contribution in [2.75, 3.05) is 5.32 Å². The van der Waals surface area contributed by atoms with Gasteiger partial charge in [-0.15, -0.1) is 0 Å². The zero-order chi connectivity index (χ0) is 14.0. The molecule has 0 aliphatic carbocycles. The lowest BCUT2D eigenvalue weighted by Crippen LogP contribution is -2.01. The topological polar surface area (TPSA) is 85.9 Å². The van der Waals surface area contributed by atoms with Crippen LogP contribution in [0.15, 0.2) is 18.5 Å². The highest BCUT2D eigenvalue weighted by Gasteiger charge is 2.17. The van der Waals surface area contributed by atoms with Crippen molar-refractivity contribution in [2.24, 2.45) is 7.05 Å². The predicted molar refractivity (Wildman–Crippen MR) is 71.5 cm³/mol. The number of aromatic nitrogens is 3. The molecule has 7 heteroatoms. The molecule has 19 heavy (non-hydrogen) atoms. The van der Waals surface area contributed by atoms with Crippen molar-refractivity contribution in [1.29, 1.82) is 0 Å². The molecule has 0 bridgehead atoms. The fraction of sp³-hybridized carbons (Fsp3) is 0.333. The molecule has 0 saturated heterocycles. The molecule has 100 valence electrons. The van der Waals surface area contributed by atoms with Gasteiger partial charge in [0.05, 0.1) is 16.3 Å². The summed E-state index contributed by atoms with van der Waals surface area (Å²) in [5, 5.41) is 18.3. The van der Waals surface area contributed by atoms with Gasteiger partial charge >= 0.3 is 5.69 Å².